The van der Waals surface area contributed by atoms with E-state index in [9.17, 15) is 14.7 Å². The minimum absolute atomic E-state index is 0.198. The van der Waals surface area contributed by atoms with Crippen LogP contribution in [0.25, 0.3) is 0 Å². The molecule has 1 fully saturated rings. The molecule has 1 rings (SSSR count). The van der Waals surface area contributed by atoms with E-state index in [1.807, 2.05) is 13.8 Å². The van der Waals surface area contributed by atoms with Crippen molar-refractivity contribution in [2.45, 2.75) is 59.3 Å². The fourth-order valence-electron chi connectivity index (χ4n) is 3.14. The molecule has 1 aliphatic carbocycles. The largest absolute Gasteiger partial charge is 0.481 e. The molecule has 0 aromatic rings. The number of aliphatic hydroxyl groups excluding tert-OH is 1. The zero-order valence-electron chi connectivity index (χ0n) is 13.4. The van der Waals surface area contributed by atoms with Crippen molar-refractivity contribution in [3.8, 4) is 0 Å². The summed E-state index contributed by atoms with van der Waals surface area (Å²) in [5.41, 5.74) is -1.48. The Morgan fingerprint density at radius 2 is 1.76 bits per heavy atom. The van der Waals surface area contributed by atoms with Crippen LogP contribution in [-0.2, 0) is 14.3 Å². The maximum absolute atomic E-state index is 12.2. The lowest BCUT2D eigenvalue weighted by Crippen LogP contribution is -2.43. The van der Waals surface area contributed by atoms with Crippen molar-refractivity contribution < 1.29 is 24.5 Å². The molecule has 5 heteroatoms. The average molecular weight is 300 g/mol. The van der Waals surface area contributed by atoms with Crippen molar-refractivity contribution in [3.63, 3.8) is 0 Å². The van der Waals surface area contributed by atoms with Gasteiger partial charge in [-0.05, 0) is 44.4 Å². The molecule has 0 aliphatic heterocycles. The van der Waals surface area contributed by atoms with E-state index < -0.39 is 16.8 Å². The molecule has 0 spiro atoms. The Labute approximate surface area is 126 Å². The van der Waals surface area contributed by atoms with Crippen molar-refractivity contribution >= 4 is 11.9 Å². The van der Waals surface area contributed by atoms with Gasteiger partial charge >= 0.3 is 11.9 Å². The first-order valence-corrected chi connectivity index (χ1v) is 7.78. The number of carbonyl (C=O) groups is 2. The van der Waals surface area contributed by atoms with E-state index in [0.717, 1.165) is 25.7 Å². The van der Waals surface area contributed by atoms with Gasteiger partial charge in [-0.25, -0.2) is 0 Å². The van der Waals surface area contributed by atoms with Crippen LogP contribution in [0.15, 0.2) is 0 Å². The molecule has 2 N–H and O–H groups in total. The second-order valence-electron chi connectivity index (χ2n) is 6.76. The van der Waals surface area contributed by atoms with E-state index in [-0.39, 0.29) is 18.5 Å². The molecular formula is C16H28O5. The third-order valence-electron chi connectivity index (χ3n) is 5.28. The summed E-state index contributed by atoms with van der Waals surface area (Å²) in [6.45, 7) is 5.99. The van der Waals surface area contributed by atoms with Crippen LogP contribution in [0.1, 0.15) is 59.3 Å². The molecule has 1 saturated carbocycles. The molecule has 0 amide bonds. The van der Waals surface area contributed by atoms with Gasteiger partial charge in [-0.15, -0.1) is 0 Å². The summed E-state index contributed by atoms with van der Waals surface area (Å²) in [7, 11) is 0. The van der Waals surface area contributed by atoms with Crippen LogP contribution in [0.5, 0.6) is 0 Å². The Morgan fingerprint density at radius 1 is 1.14 bits per heavy atom. The van der Waals surface area contributed by atoms with Gasteiger partial charge in [-0.1, -0.05) is 20.3 Å². The highest BCUT2D eigenvalue weighted by Gasteiger charge is 2.58. The molecule has 0 saturated heterocycles. The fraction of sp³-hybridized carbons (Fsp3) is 0.875. The topological polar surface area (TPSA) is 83.8 Å². The molecule has 122 valence electrons. The average Bonchev–Trinajstić information content (AvgIpc) is 2.66. The lowest BCUT2D eigenvalue weighted by atomic mass is 9.66. The van der Waals surface area contributed by atoms with E-state index in [4.69, 9.17) is 9.84 Å². The van der Waals surface area contributed by atoms with Crippen molar-refractivity contribution in [2.24, 2.45) is 16.7 Å². The molecular weight excluding hydrogens is 272 g/mol. The highest BCUT2D eigenvalue weighted by atomic mass is 16.5. The van der Waals surface area contributed by atoms with Gasteiger partial charge in [-0.3, -0.25) is 9.59 Å². The number of carbonyl (C=O) groups excluding carboxylic acids is 1. The predicted octanol–water partition coefficient (Wildman–Crippen LogP) is 2.61. The summed E-state index contributed by atoms with van der Waals surface area (Å²) >= 11 is 0. The fourth-order valence-corrected chi connectivity index (χ4v) is 3.14. The zero-order valence-corrected chi connectivity index (χ0v) is 13.4. The summed E-state index contributed by atoms with van der Waals surface area (Å²) < 4.78 is 5.32. The van der Waals surface area contributed by atoms with Crippen molar-refractivity contribution in [1.29, 1.82) is 0 Å². The Morgan fingerprint density at radius 3 is 2.29 bits per heavy atom. The minimum Gasteiger partial charge on any atom is -0.481 e. The van der Waals surface area contributed by atoms with Crippen molar-refractivity contribution in [1.82, 2.24) is 0 Å². The summed E-state index contributed by atoms with van der Waals surface area (Å²) in [4.78, 5) is 23.7. The highest BCUT2D eigenvalue weighted by Crippen LogP contribution is 2.56. The van der Waals surface area contributed by atoms with Gasteiger partial charge in [-0.2, -0.15) is 0 Å². The lowest BCUT2D eigenvalue weighted by Gasteiger charge is -2.37. The van der Waals surface area contributed by atoms with Gasteiger partial charge in [0.1, 0.15) is 0 Å². The number of rotatable bonds is 8. The minimum atomic E-state index is -0.877. The summed E-state index contributed by atoms with van der Waals surface area (Å²) in [5.74, 6) is -1.46. The van der Waals surface area contributed by atoms with Gasteiger partial charge in [0.05, 0.1) is 17.9 Å². The van der Waals surface area contributed by atoms with Crippen molar-refractivity contribution in [2.75, 3.05) is 13.2 Å². The van der Waals surface area contributed by atoms with Crippen LogP contribution in [0.2, 0.25) is 0 Å². The lowest BCUT2D eigenvalue weighted by molar-refractivity contribution is -0.160. The number of carboxylic acids is 1. The van der Waals surface area contributed by atoms with Crippen LogP contribution in [0, 0.1) is 16.7 Å². The Bertz CT molecular complexity index is 377. The number of ether oxygens (including phenoxy) is 1. The van der Waals surface area contributed by atoms with Gasteiger partial charge in [0, 0.05) is 6.61 Å². The Kier molecular flexibility index (Phi) is 6.20. The Hall–Kier alpha value is -1.10. The van der Waals surface area contributed by atoms with Crippen LogP contribution in [0.3, 0.4) is 0 Å². The van der Waals surface area contributed by atoms with Crippen molar-refractivity contribution in [3.05, 3.63) is 0 Å². The molecule has 21 heavy (non-hydrogen) atoms. The molecule has 0 aromatic carbocycles. The van der Waals surface area contributed by atoms with E-state index >= 15 is 0 Å². The van der Waals surface area contributed by atoms with Crippen LogP contribution in [0.4, 0.5) is 0 Å². The first-order chi connectivity index (χ1) is 9.77. The summed E-state index contributed by atoms with van der Waals surface area (Å²) in [6, 6.07) is 0. The normalized spacial score (nSPS) is 27.5. The molecule has 0 heterocycles. The number of hydrogen-bond donors (Lipinski definition) is 2. The Balaban J connectivity index is 2.47. The third kappa shape index (κ3) is 3.76. The number of hydrogen-bond acceptors (Lipinski definition) is 4. The van der Waals surface area contributed by atoms with Gasteiger partial charge in [0.2, 0.25) is 0 Å². The first kappa shape index (κ1) is 18.0. The third-order valence-corrected chi connectivity index (χ3v) is 5.28. The zero-order chi connectivity index (χ0) is 16.1. The molecule has 0 radical (unpaired) electrons. The number of unbranched alkanes of at least 4 members (excludes halogenated alkanes) is 3. The SMILES string of the molecule is CC1(C)[C@@H](C(=O)OCCCCCCO)CC[C@@]1(C)C(=O)O. The standard InChI is InChI=1S/C16H28O5/c1-15(2)12(8-9-16(15,3)14(19)20)13(18)21-11-7-5-4-6-10-17/h12,17H,4-11H2,1-3H3,(H,19,20)/t12-,16+/m1/s1. The summed E-state index contributed by atoms with van der Waals surface area (Å²) in [5, 5.41) is 18.1. The molecule has 2 atom stereocenters. The number of esters is 1. The smallest absolute Gasteiger partial charge is 0.309 e. The van der Waals surface area contributed by atoms with Crippen LogP contribution < -0.4 is 0 Å². The number of aliphatic hydroxyl groups is 1. The van der Waals surface area contributed by atoms with Gasteiger partial charge in [0.15, 0.2) is 0 Å². The number of carboxylic acid groups (broad SMARTS) is 1. The molecule has 0 aromatic heterocycles. The molecule has 1 aliphatic rings. The molecule has 0 bridgehead atoms. The maximum Gasteiger partial charge on any atom is 0.309 e. The summed E-state index contributed by atoms with van der Waals surface area (Å²) in [6.07, 6.45) is 4.50. The van der Waals surface area contributed by atoms with E-state index in [2.05, 4.69) is 0 Å². The molecule has 0 unspecified atom stereocenters. The van der Waals surface area contributed by atoms with Gasteiger partial charge < -0.3 is 14.9 Å². The van der Waals surface area contributed by atoms with E-state index in [1.54, 1.807) is 6.92 Å². The van der Waals surface area contributed by atoms with E-state index in [1.165, 1.54) is 0 Å². The number of aliphatic carboxylic acids is 1. The predicted molar refractivity (Wildman–Crippen MR) is 78.8 cm³/mol. The van der Waals surface area contributed by atoms with Gasteiger partial charge in [0.25, 0.3) is 0 Å². The first-order valence-electron chi connectivity index (χ1n) is 7.78. The second kappa shape index (κ2) is 7.25. The monoisotopic (exact) mass is 300 g/mol. The van der Waals surface area contributed by atoms with Crippen LogP contribution in [-0.4, -0.2) is 35.4 Å². The highest BCUT2D eigenvalue weighted by molar-refractivity contribution is 5.80. The second-order valence-corrected chi connectivity index (χ2v) is 6.76. The maximum atomic E-state index is 12.2. The quantitative estimate of drug-likeness (QED) is 0.532. The van der Waals surface area contributed by atoms with Crippen LogP contribution >= 0.6 is 0 Å². The van der Waals surface area contributed by atoms with E-state index in [0.29, 0.717) is 19.4 Å². The molecule has 5 nitrogen and oxygen atoms in total.